The number of thioether (sulfide) groups is 1. The molecule has 0 radical (unpaired) electrons. The molecule has 7 nitrogen and oxygen atoms in total. The van der Waals surface area contributed by atoms with Gasteiger partial charge in [0.25, 0.3) is 5.91 Å². The Kier molecular flexibility index (Phi) is 6.88. The number of primary sulfonamides is 1. The van der Waals surface area contributed by atoms with Crippen molar-refractivity contribution in [3.05, 3.63) is 53.1 Å². The number of anilines is 1. The number of carbonyl (C=O) groups is 2. The molecule has 1 amide bonds. The van der Waals surface area contributed by atoms with Crippen LogP contribution in [0, 0.1) is 0 Å². The number of hydrogen-bond donors (Lipinski definition) is 2. The Labute approximate surface area is 166 Å². The number of amides is 1. The zero-order valence-electron chi connectivity index (χ0n) is 14.4. The Hall–Kier alpha value is -2.07. The highest BCUT2D eigenvalue weighted by atomic mass is 35.5. The number of carbonyl (C=O) groups excluding carboxylic acids is 2. The van der Waals surface area contributed by atoms with Gasteiger partial charge >= 0.3 is 5.97 Å². The lowest BCUT2D eigenvalue weighted by molar-refractivity contribution is -0.123. The van der Waals surface area contributed by atoms with Crippen molar-refractivity contribution in [2.45, 2.75) is 22.8 Å². The number of sulfonamides is 1. The third-order valence-corrected chi connectivity index (χ3v) is 5.48. The van der Waals surface area contributed by atoms with Crippen molar-refractivity contribution in [3.8, 4) is 0 Å². The zero-order valence-corrected chi connectivity index (χ0v) is 16.8. The third-order valence-electron chi connectivity index (χ3n) is 3.50. The molecular weight excluding hydrogens is 412 g/mol. The first-order chi connectivity index (χ1) is 12.6. The topological polar surface area (TPSA) is 116 Å². The third kappa shape index (κ3) is 5.70. The number of ether oxygens (including phenoxy) is 1. The summed E-state index contributed by atoms with van der Waals surface area (Å²) in [5, 5.41) is 7.77. The van der Waals surface area contributed by atoms with Crippen molar-refractivity contribution in [1.82, 2.24) is 0 Å². The van der Waals surface area contributed by atoms with E-state index >= 15 is 0 Å². The lowest BCUT2D eigenvalue weighted by Crippen LogP contribution is -2.30. The number of benzene rings is 2. The summed E-state index contributed by atoms with van der Waals surface area (Å²) in [5.41, 5.74) is 0.499. The van der Waals surface area contributed by atoms with Crippen LogP contribution in [0.5, 0.6) is 0 Å². The minimum Gasteiger partial charge on any atom is -0.449 e. The maximum atomic E-state index is 12.3. The molecule has 3 N–H and O–H groups in total. The van der Waals surface area contributed by atoms with Crippen LogP contribution in [0.2, 0.25) is 5.02 Å². The van der Waals surface area contributed by atoms with Crippen molar-refractivity contribution in [2.75, 3.05) is 11.6 Å². The molecule has 10 heteroatoms. The fraction of sp³-hybridized carbons (Fsp3) is 0.176. The van der Waals surface area contributed by atoms with E-state index in [9.17, 15) is 18.0 Å². The second-order valence-electron chi connectivity index (χ2n) is 5.45. The van der Waals surface area contributed by atoms with Crippen molar-refractivity contribution in [1.29, 1.82) is 0 Å². The molecule has 0 aliphatic heterocycles. The van der Waals surface area contributed by atoms with Gasteiger partial charge in [-0.05, 0) is 55.6 Å². The maximum Gasteiger partial charge on any atom is 0.340 e. The highest BCUT2D eigenvalue weighted by Gasteiger charge is 2.21. The van der Waals surface area contributed by atoms with Crippen molar-refractivity contribution in [3.63, 3.8) is 0 Å². The molecule has 0 spiro atoms. The van der Waals surface area contributed by atoms with E-state index in [1.54, 1.807) is 18.2 Å². The summed E-state index contributed by atoms with van der Waals surface area (Å²) in [7, 11) is -3.82. The van der Waals surface area contributed by atoms with Crippen LogP contribution < -0.4 is 10.5 Å². The number of hydrogen-bond acceptors (Lipinski definition) is 6. The summed E-state index contributed by atoms with van der Waals surface area (Å²) in [6.07, 6.45) is 0.764. The van der Waals surface area contributed by atoms with E-state index in [1.807, 2.05) is 6.26 Å². The highest BCUT2D eigenvalue weighted by Crippen LogP contribution is 2.24. The average Bonchev–Trinajstić information content (AvgIpc) is 2.61. The summed E-state index contributed by atoms with van der Waals surface area (Å²) in [6, 6.07) is 10.2. The summed E-state index contributed by atoms with van der Waals surface area (Å²) < 4.78 is 27.6. The standard InChI is InChI=1S/C17H17ClN2O5S2/c1-10(25-17(22)14-9-12(26-2)5-8-15(14)18)16(21)20-11-3-6-13(7-4-11)27(19,23)24/h3-10H,1-2H3,(H,20,21)(H2,19,23,24)/t10-/m1/s1. The monoisotopic (exact) mass is 428 g/mol. The molecule has 0 saturated heterocycles. The van der Waals surface area contributed by atoms with Crippen LogP contribution in [0.15, 0.2) is 52.3 Å². The zero-order chi connectivity index (χ0) is 20.2. The van der Waals surface area contributed by atoms with Gasteiger partial charge in [-0.25, -0.2) is 18.4 Å². The molecule has 0 saturated carbocycles. The fourth-order valence-corrected chi connectivity index (χ4v) is 3.19. The van der Waals surface area contributed by atoms with Gasteiger partial charge in [0.15, 0.2) is 6.10 Å². The predicted octanol–water partition coefficient (Wildman–Crippen LogP) is 2.89. The van der Waals surface area contributed by atoms with E-state index < -0.39 is 28.0 Å². The molecule has 0 aliphatic rings. The Morgan fingerprint density at radius 3 is 2.37 bits per heavy atom. The smallest absolute Gasteiger partial charge is 0.340 e. The summed E-state index contributed by atoms with van der Waals surface area (Å²) in [5.74, 6) is -1.30. The summed E-state index contributed by atoms with van der Waals surface area (Å²) in [6.45, 7) is 1.41. The molecule has 2 aromatic rings. The minimum atomic E-state index is -3.82. The van der Waals surface area contributed by atoms with E-state index in [-0.39, 0.29) is 15.5 Å². The molecule has 2 aromatic carbocycles. The van der Waals surface area contributed by atoms with E-state index in [2.05, 4.69) is 5.32 Å². The first-order valence-electron chi connectivity index (χ1n) is 7.60. The molecule has 2 rings (SSSR count). The normalized spacial score (nSPS) is 12.3. The Morgan fingerprint density at radius 2 is 1.81 bits per heavy atom. The van der Waals surface area contributed by atoms with Crippen LogP contribution in [0.1, 0.15) is 17.3 Å². The number of nitrogens with one attached hydrogen (secondary N) is 1. The Bertz CT molecular complexity index is 962. The van der Waals surface area contributed by atoms with Gasteiger partial charge in [-0.3, -0.25) is 4.79 Å². The van der Waals surface area contributed by atoms with Crippen LogP contribution in [0.25, 0.3) is 0 Å². The van der Waals surface area contributed by atoms with Gasteiger partial charge in [0.1, 0.15) is 0 Å². The largest absolute Gasteiger partial charge is 0.449 e. The molecule has 1 atom stereocenters. The lowest BCUT2D eigenvalue weighted by Gasteiger charge is -2.14. The Balaban J connectivity index is 2.04. The average molecular weight is 429 g/mol. The van der Waals surface area contributed by atoms with Gasteiger partial charge in [0.2, 0.25) is 10.0 Å². The SMILES string of the molecule is CSc1ccc(Cl)c(C(=O)O[C@H](C)C(=O)Nc2ccc(S(N)(=O)=O)cc2)c1. The van der Waals surface area contributed by atoms with Gasteiger partial charge in [-0.2, -0.15) is 0 Å². The second kappa shape index (κ2) is 8.75. The quantitative estimate of drug-likeness (QED) is 0.539. The summed E-state index contributed by atoms with van der Waals surface area (Å²) >= 11 is 7.46. The van der Waals surface area contributed by atoms with Gasteiger partial charge in [0.05, 0.1) is 15.5 Å². The van der Waals surface area contributed by atoms with E-state index in [4.69, 9.17) is 21.5 Å². The number of nitrogens with two attached hydrogens (primary N) is 1. The second-order valence-corrected chi connectivity index (χ2v) is 8.30. The predicted molar refractivity (Wildman–Crippen MR) is 105 cm³/mol. The van der Waals surface area contributed by atoms with Crippen LogP contribution in [-0.2, 0) is 19.6 Å². The first-order valence-corrected chi connectivity index (χ1v) is 10.7. The molecule has 144 valence electrons. The number of esters is 1. The molecule has 0 unspecified atom stereocenters. The van der Waals surface area contributed by atoms with Gasteiger partial charge in [0, 0.05) is 10.6 Å². The molecule has 27 heavy (non-hydrogen) atoms. The van der Waals surface area contributed by atoms with E-state index in [0.717, 1.165) is 4.90 Å². The van der Waals surface area contributed by atoms with Crippen LogP contribution >= 0.6 is 23.4 Å². The first kappa shape index (κ1) is 21.2. The van der Waals surface area contributed by atoms with Gasteiger partial charge in [-0.15, -0.1) is 11.8 Å². The lowest BCUT2D eigenvalue weighted by atomic mass is 10.2. The maximum absolute atomic E-state index is 12.3. The molecule has 0 bridgehead atoms. The van der Waals surface area contributed by atoms with Crippen LogP contribution in [0.3, 0.4) is 0 Å². The minimum absolute atomic E-state index is 0.0803. The number of rotatable bonds is 6. The van der Waals surface area contributed by atoms with Crippen LogP contribution in [0.4, 0.5) is 5.69 Å². The molecule has 0 aromatic heterocycles. The summed E-state index contributed by atoms with van der Waals surface area (Å²) in [4.78, 5) is 25.2. The van der Waals surface area contributed by atoms with Crippen molar-refractivity contribution >= 4 is 50.9 Å². The molecule has 0 heterocycles. The van der Waals surface area contributed by atoms with E-state index in [0.29, 0.717) is 5.69 Å². The van der Waals surface area contributed by atoms with Gasteiger partial charge < -0.3 is 10.1 Å². The fourth-order valence-electron chi connectivity index (χ4n) is 2.04. The molecular formula is C17H17ClN2O5S2. The van der Waals surface area contributed by atoms with Crippen molar-refractivity contribution < 1.29 is 22.7 Å². The van der Waals surface area contributed by atoms with E-state index in [1.165, 1.54) is 43.0 Å². The number of halogens is 1. The molecule has 0 fully saturated rings. The molecule has 0 aliphatic carbocycles. The Morgan fingerprint density at radius 1 is 1.19 bits per heavy atom. The highest BCUT2D eigenvalue weighted by molar-refractivity contribution is 7.98. The van der Waals surface area contributed by atoms with Crippen LogP contribution in [-0.4, -0.2) is 32.7 Å². The van der Waals surface area contributed by atoms with Crippen molar-refractivity contribution in [2.24, 2.45) is 5.14 Å². The van der Waals surface area contributed by atoms with Gasteiger partial charge in [-0.1, -0.05) is 11.6 Å².